The lowest BCUT2D eigenvalue weighted by atomic mass is 9.59. The number of aliphatic carboxylic acids is 1. The van der Waals surface area contributed by atoms with Crippen molar-refractivity contribution >= 4 is 28.4 Å². The minimum atomic E-state index is -2.72. The summed E-state index contributed by atoms with van der Waals surface area (Å²) in [5, 5.41) is 114. The maximum absolute atomic E-state index is 14.5. The summed E-state index contributed by atoms with van der Waals surface area (Å²) >= 11 is 0. The van der Waals surface area contributed by atoms with Crippen LogP contribution in [0.2, 0.25) is 0 Å². The van der Waals surface area contributed by atoms with Crippen LogP contribution in [0.1, 0.15) is 67.5 Å². The first-order valence-electron chi connectivity index (χ1n) is 26.6. The standard InChI is InChI=1S/C58H65N5O16/c1-29(65)25-61-34-9-2-6-30(21-34)20-32-24-56(73)54(72)58(74,48(32)39-26-60-28-62-39)52(53(70)71)78-55(56)77-44-23-43-47(50(69)51(44)79-57-19-5-8-33(57)7-3-10-36-37(57)11-4-12-40(36)66)41(67)22-42(76-43)31-13-15-35(16-14-31)75-45(27-64)49(68)38-17-18-46(59)63-38/h2,4,6,9,11-18,21-24,29,33,39,45,48-49,52,54-55,60-66,68-69,72-74H,3,5,7-8,10,19-20,25-28,59H2,1H3,(H,70,71). The first-order valence-corrected chi connectivity index (χ1v) is 26.6. The van der Waals surface area contributed by atoms with Gasteiger partial charge in [0.05, 0.1) is 12.7 Å². The number of aliphatic hydroxyl groups excluding tert-OH is 4. The normalized spacial score (nSPS) is 28.4. The highest BCUT2D eigenvalue weighted by molar-refractivity contribution is 5.90. The largest absolute Gasteiger partial charge is 0.508 e. The summed E-state index contributed by atoms with van der Waals surface area (Å²) in [6.45, 7) is 1.89. The number of anilines is 2. The number of aromatic hydroxyl groups is 2. The Kier molecular flexibility index (Phi) is 14.4. The number of nitrogens with two attached hydrogens (primary N) is 1. The van der Waals surface area contributed by atoms with E-state index in [1.807, 2.05) is 24.3 Å². The van der Waals surface area contributed by atoms with Crippen LogP contribution in [0.25, 0.3) is 22.3 Å². The third kappa shape index (κ3) is 9.61. The Morgan fingerprint density at radius 3 is 2.49 bits per heavy atom. The fourth-order valence-corrected chi connectivity index (χ4v) is 12.8. The molecule has 1 saturated carbocycles. The highest BCUT2D eigenvalue weighted by Gasteiger charge is 2.71. The van der Waals surface area contributed by atoms with Gasteiger partial charge in [0, 0.05) is 77.8 Å². The van der Waals surface area contributed by atoms with E-state index in [0.717, 1.165) is 0 Å². The number of nitrogen functional groups attached to an aromatic ring is 1. The van der Waals surface area contributed by atoms with Crippen LogP contribution < -0.4 is 41.3 Å². The zero-order chi connectivity index (χ0) is 55.5. The van der Waals surface area contributed by atoms with Crippen molar-refractivity contribution in [2.45, 2.75) is 112 Å². The quantitative estimate of drug-likeness (QED) is 0.0578. The molecule has 0 radical (unpaired) electrons. The molecule has 11 rings (SSSR count). The first kappa shape index (κ1) is 53.8. The predicted octanol–water partition coefficient (Wildman–Crippen LogP) is 3.79. The minimum Gasteiger partial charge on any atom is -0.508 e. The zero-order valence-corrected chi connectivity index (χ0v) is 43.2. The van der Waals surface area contributed by atoms with Gasteiger partial charge in [0.25, 0.3) is 0 Å². The highest BCUT2D eigenvalue weighted by atomic mass is 16.7. The molecule has 21 nitrogen and oxygen atoms in total. The van der Waals surface area contributed by atoms with Gasteiger partial charge in [-0.3, -0.25) is 10.1 Å². The van der Waals surface area contributed by atoms with Crippen LogP contribution in [-0.2, 0) is 28.0 Å². The van der Waals surface area contributed by atoms with E-state index < -0.39 is 101 Å². The van der Waals surface area contributed by atoms with E-state index in [-0.39, 0.29) is 53.7 Å². The van der Waals surface area contributed by atoms with Crippen molar-refractivity contribution in [3.05, 3.63) is 135 Å². The molecule has 21 heteroatoms. The second kappa shape index (κ2) is 21.1. The highest BCUT2D eigenvalue weighted by Crippen LogP contribution is 2.57. The molecule has 3 fully saturated rings. The van der Waals surface area contributed by atoms with Crippen molar-refractivity contribution in [3.63, 3.8) is 0 Å². The molecule has 12 unspecified atom stereocenters. The molecule has 79 heavy (non-hydrogen) atoms. The van der Waals surface area contributed by atoms with Gasteiger partial charge in [-0.1, -0.05) is 29.8 Å². The summed E-state index contributed by atoms with van der Waals surface area (Å²) in [5.74, 6) is -3.87. The molecule has 0 amide bonds. The summed E-state index contributed by atoms with van der Waals surface area (Å²) in [7, 11) is 0. The molecule has 3 aliphatic carbocycles. The number of ether oxygens (including phenoxy) is 4. The van der Waals surface area contributed by atoms with Gasteiger partial charge in [-0.25, -0.2) is 4.79 Å². The number of aliphatic hydroxyl groups is 6. The van der Waals surface area contributed by atoms with Gasteiger partial charge in [0.1, 0.15) is 57.5 Å². The van der Waals surface area contributed by atoms with Gasteiger partial charge in [-0.15, -0.1) is 0 Å². The molecular formula is C58H65N5O16. The van der Waals surface area contributed by atoms with Crippen LogP contribution >= 0.6 is 0 Å². The predicted molar refractivity (Wildman–Crippen MR) is 286 cm³/mol. The summed E-state index contributed by atoms with van der Waals surface area (Å²) < 4.78 is 32.3. The Labute approximate surface area is 452 Å². The third-order valence-corrected chi connectivity index (χ3v) is 16.5. The topological polar surface area (TPSA) is 344 Å². The van der Waals surface area contributed by atoms with Gasteiger partial charge in [0.2, 0.25) is 12.0 Å². The smallest absolute Gasteiger partial charge is 0.336 e. The molecule has 4 aromatic carbocycles. The number of hydrogen-bond acceptors (Lipinski definition) is 19. The van der Waals surface area contributed by atoms with Crippen LogP contribution in [0.15, 0.2) is 112 Å². The maximum Gasteiger partial charge on any atom is 0.336 e. The van der Waals surface area contributed by atoms with Crippen molar-refractivity contribution in [1.29, 1.82) is 0 Å². The van der Waals surface area contributed by atoms with Crippen molar-refractivity contribution in [1.82, 2.24) is 15.6 Å². The minimum absolute atomic E-state index is 0.0105. The number of nitrogens with one attached hydrogen (secondary N) is 4. The Morgan fingerprint density at radius 2 is 1.77 bits per heavy atom. The second-order valence-electron chi connectivity index (χ2n) is 21.6. The Bertz CT molecular complexity index is 3340. The van der Waals surface area contributed by atoms with Crippen LogP contribution in [-0.4, -0.2) is 131 Å². The van der Waals surface area contributed by atoms with Crippen LogP contribution in [0, 0.1) is 11.8 Å². The number of phenolic OH excluding ortho intramolecular Hbond substituents is 2. The molecule has 2 aliphatic heterocycles. The van der Waals surface area contributed by atoms with Crippen molar-refractivity contribution in [2.75, 3.05) is 37.4 Å². The Hall–Kier alpha value is -7.18. The molecule has 6 aromatic rings. The van der Waals surface area contributed by atoms with Crippen molar-refractivity contribution in [3.8, 4) is 40.1 Å². The van der Waals surface area contributed by atoms with E-state index in [4.69, 9.17) is 29.1 Å². The first-order chi connectivity index (χ1) is 37.9. The molecule has 2 saturated heterocycles. The average molecular weight is 1090 g/mol. The SMILES string of the molecule is CC(O)CNc1cccc(CC2=CC3(O)C(Oc4cc5oc(-c6ccc(OC(CO)C(O)c7ccc(N)[nH]7)cc6)cc(=O)c5c(O)c4OC45CCCC4CCCc4c(O)cccc45)OC(C(=O)O)C(O)(C2C2CNCN2)C3O)c1. The number of rotatable bonds is 17. The monoisotopic (exact) mass is 1090 g/mol. The molecule has 2 aromatic heterocycles. The number of fused-ring (bicyclic) bond motifs is 6. The molecule has 4 heterocycles. The number of H-pyrrole nitrogens is 1. The number of aromatic nitrogens is 1. The van der Waals surface area contributed by atoms with Crippen LogP contribution in [0.3, 0.4) is 0 Å². The van der Waals surface area contributed by atoms with E-state index in [1.165, 1.54) is 30.3 Å². The Morgan fingerprint density at radius 1 is 0.987 bits per heavy atom. The van der Waals surface area contributed by atoms with Crippen LogP contribution in [0.4, 0.5) is 11.5 Å². The molecular weight excluding hydrogens is 1020 g/mol. The summed E-state index contributed by atoms with van der Waals surface area (Å²) in [5.41, 5.74) is 1.93. The summed E-state index contributed by atoms with van der Waals surface area (Å²) in [6.07, 6.45) is -4.57. The zero-order valence-electron chi connectivity index (χ0n) is 43.2. The van der Waals surface area contributed by atoms with Gasteiger partial charge in [-0.2, -0.15) is 0 Å². The van der Waals surface area contributed by atoms with Gasteiger partial charge >= 0.3 is 5.97 Å². The lowest BCUT2D eigenvalue weighted by Crippen LogP contribution is -2.79. The molecule has 5 aliphatic rings. The molecule has 0 spiro atoms. The van der Waals surface area contributed by atoms with Gasteiger partial charge in [-0.05, 0) is 118 Å². The number of hydrogen-bond donors (Lipinski definition) is 14. The fourth-order valence-electron chi connectivity index (χ4n) is 12.8. The second-order valence-corrected chi connectivity index (χ2v) is 21.6. The molecule has 418 valence electrons. The van der Waals surface area contributed by atoms with Crippen molar-refractivity contribution < 1.29 is 74.1 Å². The fraction of sp³-hybridized carbons (Fsp3) is 0.414. The number of phenols is 2. The summed E-state index contributed by atoms with van der Waals surface area (Å²) in [4.78, 5) is 30.8. The molecule has 12 atom stereocenters. The van der Waals surface area contributed by atoms with E-state index >= 15 is 0 Å². The number of benzene rings is 4. The van der Waals surface area contributed by atoms with E-state index in [1.54, 1.807) is 49.4 Å². The Balaban J connectivity index is 1.03. The lowest BCUT2D eigenvalue weighted by molar-refractivity contribution is -0.344. The average Bonchev–Trinajstić information content (AvgIpc) is 4.11. The number of carboxylic acids is 1. The van der Waals surface area contributed by atoms with Crippen LogP contribution in [0.5, 0.6) is 28.7 Å². The lowest BCUT2D eigenvalue weighted by Gasteiger charge is -2.58. The van der Waals surface area contributed by atoms with Gasteiger partial charge in [0.15, 0.2) is 34.7 Å². The number of carbonyl (C=O) groups is 1. The van der Waals surface area contributed by atoms with Crippen molar-refractivity contribution in [2.24, 2.45) is 11.8 Å². The van der Waals surface area contributed by atoms with Gasteiger partial charge < -0.3 is 90.7 Å². The molecule has 2 bridgehead atoms. The number of aromatic amines is 1. The number of carboxylic acid groups (broad SMARTS) is 1. The maximum atomic E-state index is 14.5. The van der Waals surface area contributed by atoms with E-state index in [9.17, 15) is 55.5 Å². The van der Waals surface area contributed by atoms with E-state index in [2.05, 4.69) is 20.9 Å². The third-order valence-electron chi connectivity index (χ3n) is 16.5. The molecule has 15 N–H and O–H groups in total. The summed E-state index contributed by atoms with van der Waals surface area (Å²) in [6, 6.07) is 23.5. The van der Waals surface area contributed by atoms with E-state index in [0.29, 0.717) is 90.2 Å².